The van der Waals surface area contributed by atoms with Crippen LogP contribution in [0.4, 0.5) is 0 Å². The number of hydrogen-bond acceptors (Lipinski definition) is 8. The molecule has 0 bridgehead atoms. The highest BCUT2D eigenvalue weighted by Gasteiger charge is 2.26. The average Bonchev–Trinajstić information content (AvgIpc) is 2.72. The van der Waals surface area contributed by atoms with E-state index in [1.807, 2.05) is 52.0 Å². The molecule has 8 nitrogen and oxygen atoms in total. The third-order valence-electron chi connectivity index (χ3n) is 4.19. The maximum atomic E-state index is 12.2. The SMILES string of the molecule is CCOCCOCCN=C/C(COc1ccc(CC(N)C(=O)C(C)(C)C)cc1)=N\N. The van der Waals surface area contributed by atoms with Crippen LogP contribution in [-0.2, 0) is 20.7 Å². The normalized spacial score (nSPS) is 13.6. The first-order valence-corrected chi connectivity index (χ1v) is 10.2. The lowest BCUT2D eigenvalue weighted by Crippen LogP contribution is -2.40. The topological polar surface area (TPSA) is 122 Å². The summed E-state index contributed by atoms with van der Waals surface area (Å²) in [5, 5.41) is 3.69. The summed E-state index contributed by atoms with van der Waals surface area (Å²) in [6, 6.07) is 6.95. The number of hydrazone groups is 1. The van der Waals surface area contributed by atoms with Crippen molar-refractivity contribution >= 4 is 17.7 Å². The van der Waals surface area contributed by atoms with Crippen molar-refractivity contribution in [2.45, 2.75) is 40.2 Å². The molecule has 0 aliphatic carbocycles. The van der Waals surface area contributed by atoms with Crippen molar-refractivity contribution in [3.05, 3.63) is 29.8 Å². The molecule has 1 aromatic rings. The van der Waals surface area contributed by atoms with Crippen molar-refractivity contribution in [1.82, 2.24) is 0 Å². The van der Waals surface area contributed by atoms with Crippen LogP contribution in [0, 0.1) is 5.41 Å². The second-order valence-corrected chi connectivity index (χ2v) is 7.82. The van der Waals surface area contributed by atoms with Gasteiger partial charge in [-0.25, -0.2) is 0 Å². The first kappa shape index (κ1) is 25.7. The van der Waals surface area contributed by atoms with Crippen LogP contribution in [0.3, 0.4) is 0 Å². The standard InChI is InChI=1S/C22H36N4O4/c1-5-28-12-13-29-11-10-25-15-18(26-24)16-30-19-8-6-17(7-9-19)14-20(23)21(27)22(2,3)4/h6-9,15,20H,5,10-14,16,23-24H2,1-4H3/b25-15?,26-18+. The summed E-state index contributed by atoms with van der Waals surface area (Å²) in [4.78, 5) is 16.5. The Bertz CT molecular complexity index is 681. The average molecular weight is 421 g/mol. The van der Waals surface area contributed by atoms with Crippen LogP contribution in [0.25, 0.3) is 0 Å². The third-order valence-corrected chi connectivity index (χ3v) is 4.19. The van der Waals surface area contributed by atoms with E-state index in [1.54, 1.807) is 6.21 Å². The number of nitrogens with two attached hydrogens (primary N) is 2. The fourth-order valence-electron chi connectivity index (χ4n) is 2.54. The molecule has 0 saturated heterocycles. The molecule has 0 amide bonds. The maximum absolute atomic E-state index is 12.2. The van der Waals surface area contributed by atoms with E-state index in [2.05, 4.69) is 10.1 Å². The van der Waals surface area contributed by atoms with E-state index < -0.39 is 11.5 Å². The minimum absolute atomic E-state index is 0.0469. The Morgan fingerprint density at radius 2 is 1.80 bits per heavy atom. The van der Waals surface area contributed by atoms with Gasteiger partial charge in [0, 0.05) is 18.2 Å². The third kappa shape index (κ3) is 10.5. The lowest BCUT2D eigenvalue weighted by molar-refractivity contribution is -0.127. The molecular formula is C22H36N4O4. The zero-order valence-corrected chi connectivity index (χ0v) is 18.6. The number of carbonyl (C=O) groups excluding carboxylic acids is 1. The van der Waals surface area contributed by atoms with Gasteiger partial charge in [-0.3, -0.25) is 9.79 Å². The highest BCUT2D eigenvalue weighted by Crippen LogP contribution is 2.19. The highest BCUT2D eigenvalue weighted by molar-refractivity contribution is 6.31. The minimum Gasteiger partial charge on any atom is -0.487 e. The molecule has 0 aliphatic heterocycles. The number of nitrogens with zero attached hydrogens (tertiary/aromatic N) is 2. The number of carbonyl (C=O) groups is 1. The molecule has 8 heteroatoms. The van der Waals surface area contributed by atoms with Gasteiger partial charge in [-0.15, -0.1) is 0 Å². The summed E-state index contributed by atoms with van der Waals surface area (Å²) in [5.41, 5.74) is 7.10. The number of rotatable bonds is 14. The van der Waals surface area contributed by atoms with Crippen molar-refractivity contribution in [3.8, 4) is 5.75 Å². The van der Waals surface area contributed by atoms with Gasteiger partial charge >= 0.3 is 0 Å². The Hall–Kier alpha value is -2.29. The Labute approximate surface area is 179 Å². The fraction of sp³-hybridized carbons (Fsp3) is 0.591. The Morgan fingerprint density at radius 3 is 2.40 bits per heavy atom. The molecule has 168 valence electrons. The molecular weight excluding hydrogens is 384 g/mol. The van der Waals surface area contributed by atoms with Crippen LogP contribution < -0.4 is 16.3 Å². The number of aliphatic imine (C=N–C) groups is 1. The van der Waals surface area contributed by atoms with Gasteiger partial charge in [0.15, 0.2) is 5.78 Å². The summed E-state index contributed by atoms with van der Waals surface area (Å²) >= 11 is 0. The quantitative estimate of drug-likeness (QED) is 0.205. The Kier molecular flexibility index (Phi) is 11.9. The number of ketones is 1. The molecule has 1 aromatic carbocycles. The first-order valence-electron chi connectivity index (χ1n) is 10.2. The van der Waals surface area contributed by atoms with Crippen LogP contribution in [0.5, 0.6) is 5.75 Å². The molecule has 1 rings (SSSR count). The number of ether oxygens (including phenoxy) is 3. The van der Waals surface area contributed by atoms with Crippen molar-refractivity contribution < 1.29 is 19.0 Å². The molecule has 1 unspecified atom stereocenters. The summed E-state index contributed by atoms with van der Waals surface area (Å²) in [7, 11) is 0. The molecule has 0 aromatic heterocycles. The molecule has 0 saturated carbocycles. The zero-order valence-electron chi connectivity index (χ0n) is 18.6. The van der Waals surface area contributed by atoms with E-state index in [9.17, 15) is 4.79 Å². The molecule has 0 spiro atoms. The largest absolute Gasteiger partial charge is 0.487 e. The summed E-state index contributed by atoms with van der Waals surface area (Å²) < 4.78 is 16.3. The molecule has 0 fully saturated rings. The van der Waals surface area contributed by atoms with E-state index in [-0.39, 0.29) is 12.4 Å². The second kappa shape index (κ2) is 13.8. The van der Waals surface area contributed by atoms with Crippen LogP contribution >= 0.6 is 0 Å². The number of benzene rings is 1. The van der Waals surface area contributed by atoms with Gasteiger partial charge in [0.25, 0.3) is 0 Å². The Morgan fingerprint density at radius 1 is 1.13 bits per heavy atom. The van der Waals surface area contributed by atoms with Crippen molar-refractivity contribution in [2.24, 2.45) is 27.1 Å². The number of hydrogen-bond donors (Lipinski definition) is 2. The monoisotopic (exact) mass is 420 g/mol. The second-order valence-electron chi connectivity index (χ2n) is 7.82. The molecule has 30 heavy (non-hydrogen) atoms. The van der Waals surface area contributed by atoms with Crippen LogP contribution in [-0.4, -0.2) is 63.3 Å². The predicted octanol–water partition coefficient (Wildman–Crippen LogP) is 1.99. The van der Waals surface area contributed by atoms with Crippen LogP contribution in [0.1, 0.15) is 33.3 Å². The van der Waals surface area contributed by atoms with Crippen molar-refractivity contribution in [3.63, 3.8) is 0 Å². The van der Waals surface area contributed by atoms with E-state index in [0.29, 0.717) is 50.9 Å². The van der Waals surface area contributed by atoms with Gasteiger partial charge in [0.1, 0.15) is 18.1 Å². The van der Waals surface area contributed by atoms with Gasteiger partial charge in [0.05, 0.1) is 32.4 Å². The summed E-state index contributed by atoms with van der Waals surface area (Å²) in [6.45, 7) is 10.6. The highest BCUT2D eigenvalue weighted by atomic mass is 16.5. The first-order chi connectivity index (χ1) is 14.3. The molecule has 0 aliphatic rings. The van der Waals surface area contributed by atoms with Gasteiger partial charge in [0.2, 0.25) is 0 Å². The van der Waals surface area contributed by atoms with E-state index in [1.165, 1.54) is 0 Å². The molecule has 1 atom stereocenters. The van der Waals surface area contributed by atoms with Gasteiger partial charge in [-0.1, -0.05) is 32.9 Å². The number of Topliss-reactive ketones (excluding diaryl/α,β-unsaturated/α-hetero) is 1. The van der Waals surface area contributed by atoms with E-state index in [0.717, 1.165) is 5.56 Å². The van der Waals surface area contributed by atoms with Crippen molar-refractivity contribution in [1.29, 1.82) is 0 Å². The zero-order chi connectivity index (χ0) is 22.4. The van der Waals surface area contributed by atoms with E-state index >= 15 is 0 Å². The smallest absolute Gasteiger partial charge is 0.155 e. The fourth-order valence-corrected chi connectivity index (χ4v) is 2.54. The summed E-state index contributed by atoms with van der Waals surface area (Å²) in [6.07, 6.45) is 2.07. The minimum atomic E-state index is -0.521. The summed E-state index contributed by atoms with van der Waals surface area (Å²) in [5.74, 6) is 6.11. The van der Waals surface area contributed by atoms with Gasteiger partial charge in [-0.05, 0) is 31.0 Å². The van der Waals surface area contributed by atoms with Crippen LogP contribution in [0.2, 0.25) is 0 Å². The lowest BCUT2D eigenvalue weighted by atomic mass is 9.85. The Balaban J connectivity index is 2.39. The van der Waals surface area contributed by atoms with E-state index in [4.69, 9.17) is 25.8 Å². The maximum Gasteiger partial charge on any atom is 0.155 e. The molecule has 0 heterocycles. The van der Waals surface area contributed by atoms with Crippen molar-refractivity contribution in [2.75, 3.05) is 39.6 Å². The molecule has 4 N–H and O–H groups in total. The van der Waals surface area contributed by atoms with Crippen LogP contribution in [0.15, 0.2) is 34.4 Å². The van der Waals surface area contributed by atoms with Gasteiger partial charge in [-0.2, -0.15) is 5.10 Å². The molecule has 0 radical (unpaired) electrons. The van der Waals surface area contributed by atoms with Gasteiger partial charge < -0.3 is 25.8 Å². The predicted molar refractivity (Wildman–Crippen MR) is 120 cm³/mol. The lowest BCUT2D eigenvalue weighted by Gasteiger charge is -2.21.